The van der Waals surface area contributed by atoms with Gasteiger partial charge >= 0.3 is 5.97 Å². The highest BCUT2D eigenvalue weighted by atomic mass is 16.6. The number of hydrogen-bond donors (Lipinski definition) is 2. The lowest BCUT2D eigenvalue weighted by atomic mass is 10.1. The molecule has 1 aromatic carbocycles. The predicted octanol–water partition coefficient (Wildman–Crippen LogP) is 2.96. The first-order valence-corrected chi connectivity index (χ1v) is 6.78. The molecule has 1 aromatic rings. The van der Waals surface area contributed by atoms with Crippen LogP contribution in [-0.4, -0.2) is 22.5 Å². The molecular formula is C14H20N2O4. The summed E-state index contributed by atoms with van der Waals surface area (Å²) in [6.07, 6.45) is 4.49. The van der Waals surface area contributed by atoms with E-state index in [2.05, 4.69) is 12.2 Å². The van der Waals surface area contributed by atoms with E-state index in [0.717, 1.165) is 25.8 Å². The molecule has 0 saturated carbocycles. The summed E-state index contributed by atoms with van der Waals surface area (Å²) in [5.41, 5.74) is -0.136. The van der Waals surface area contributed by atoms with E-state index >= 15 is 0 Å². The van der Waals surface area contributed by atoms with Gasteiger partial charge in [-0.25, -0.2) is 4.79 Å². The highest BCUT2D eigenvalue weighted by Gasteiger charge is 2.22. The van der Waals surface area contributed by atoms with Gasteiger partial charge in [0.25, 0.3) is 5.69 Å². The number of nitrogens with one attached hydrogen (secondary N) is 1. The second-order valence-corrected chi connectivity index (χ2v) is 4.61. The number of nitrogens with zero attached hydrogens (tertiary/aromatic N) is 1. The first-order valence-electron chi connectivity index (χ1n) is 6.78. The Morgan fingerprint density at radius 2 is 2.10 bits per heavy atom. The number of rotatable bonds is 9. The van der Waals surface area contributed by atoms with E-state index in [0.29, 0.717) is 12.1 Å². The predicted molar refractivity (Wildman–Crippen MR) is 75.9 cm³/mol. The Kier molecular flexibility index (Phi) is 6.66. The van der Waals surface area contributed by atoms with Crippen molar-refractivity contribution < 1.29 is 14.8 Å². The standard InChI is InChI=1S/C14H20N2O4/c1-2-3-4-5-9-15-10-11-7-6-8-12(16(19)20)13(11)14(17)18/h6-8,15H,2-5,9-10H2,1H3,(H,17,18). The fourth-order valence-electron chi connectivity index (χ4n) is 2.03. The minimum absolute atomic E-state index is 0.224. The highest BCUT2D eigenvalue weighted by molar-refractivity contribution is 5.94. The van der Waals surface area contributed by atoms with E-state index in [1.165, 1.54) is 18.6 Å². The van der Waals surface area contributed by atoms with Crippen molar-refractivity contribution in [1.29, 1.82) is 0 Å². The molecule has 0 atom stereocenters. The Bertz CT molecular complexity index is 474. The first-order chi connectivity index (χ1) is 9.57. The van der Waals surface area contributed by atoms with Gasteiger partial charge in [0.15, 0.2) is 0 Å². The van der Waals surface area contributed by atoms with Crippen LogP contribution in [0.4, 0.5) is 5.69 Å². The topological polar surface area (TPSA) is 92.5 Å². The second-order valence-electron chi connectivity index (χ2n) is 4.61. The number of nitro groups is 1. The van der Waals surface area contributed by atoms with Gasteiger partial charge < -0.3 is 10.4 Å². The van der Waals surface area contributed by atoms with Gasteiger partial charge in [-0.15, -0.1) is 0 Å². The Morgan fingerprint density at radius 3 is 2.70 bits per heavy atom. The Hall–Kier alpha value is -1.95. The molecule has 0 amide bonds. The summed E-state index contributed by atoms with van der Waals surface area (Å²) in [4.78, 5) is 21.4. The number of carboxylic acids is 1. The number of unbranched alkanes of at least 4 members (excludes halogenated alkanes) is 3. The third kappa shape index (κ3) is 4.62. The van der Waals surface area contributed by atoms with Gasteiger partial charge in [-0.1, -0.05) is 38.3 Å². The quantitative estimate of drug-likeness (QED) is 0.412. The van der Waals surface area contributed by atoms with Gasteiger partial charge in [0.2, 0.25) is 0 Å². The van der Waals surface area contributed by atoms with Gasteiger partial charge in [0.1, 0.15) is 5.56 Å². The fourth-order valence-corrected chi connectivity index (χ4v) is 2.03. The van der Waals surface area contributed by atoms with E-state index in [1.807, 2.05) is 0 Å². The monoisotopic (exact) mass is 280 g/mol. The normalized spacial score (nSPS) is 10.4. The lowest BCUT2D eigenvalue weighted by Gasteiger charge is -2.08. The van der Waals surface area contributed by atoms with Crippen LogP contribution >= 0.6 is 0 Å². The lowest BCUT2D eigenvalue weighted by Crippen LogP contribution is -2.18. The zero-order valence-electron chi connectivity index (χ0n) is 11.6. The van der Waals surface area contributed by atoms with Crippen molar-refractivity contribution >= 4 is 11.7 Å². The molecule has 0 aliphatic carbocycles. The van der Waals surface area contributed by atoms with Crippen molar-refractivity contribution in [3.05, 3.63) is 39.4 Å². The minimum Gasteiger partial charge on any atom is -0.477 e. The van der Waals surface area contributed by atoms with Crippen molar-refractivity contribution in [3.63, 3.8) is 0 Å². The summed E-state index contributed by atoms with van der Waals surface area (Å²) in [6, 6.07) is 4.34. The molecule has 2 N–H and O–H groups in total. The molecule has 20 heavy (non-hydrogen) atoms. The maximum atomic E-state index is 11.2. The number of carbonyl (C=O) groups is 1. The molecule has 0 heterocycles. The minimum atomic E-state index is -1.26. The van der Waals surface area contributed by atoms with Gasteiger partial charge in [-0.05, 0) is 18.5 Å². The molecule has 110 valence electrons. The van der Waals surface area contributed by atoms with Crippen molar-refractivity contribution in [2.45, 2.75) is 39.2 Å². The van der Waals surface area contributed by atoms with Gasteiger partial charge in [0, 0.05) is 12.6 Å². The van der Waals surface area contributed by atoms with Crippen molar-refractivity contribution in [2.24, 2.45) is 0 Å². The molecular weight excluding hydrogens is 260 g/mol. The number of carboxylic acid groups (broad SMARTS) is 1. The molecule has 0 saturated heterocycles. The summed E-state index contributed by atoms with van der Waals surface area (Å²) in [6.45, 7) is 3.24. The van der Waals surface area contributed by atoms with Crippen LogP contribution in [0.15, 0.2) is 18.2 Å². The smallest absolute Gasteiger partial charge is 0.343 e. The molecule has 0 spiro atoms. The molecule has 0 aromatic heterocycles. The average Bonchev–Trinajstić information content (AvgIpc) is 2.42. The average molecular weight is 280 g/mol. The molecule has 6 heteroatoms. The highest BCUT2D eigenvalue weighted by Crippen LogP contribution is 2.22. The number of aromatic carboxylic acids is 1. The Labute approximate surface area is 118 Å². The second kappa shape index (κ2) is 8.27. The van der Waals surface area contributed by atoms with Gasteiger partial charge in [0.05, 0.1) is 4.92 Å². The van der Waals surface area contributed by atoms with E-state index in [1.54, 1.807) is 6.07 Å². The zero-order chi connectivity index (χ0) is 15.0. The first kappa shape index (κ1) is 16.1. The fraction of sp³-hybridized carbons (Fsp3) is 0.500. The maximum Gasteiger partial charge on any atom is 0.343 e. The summed E-state index contributed by atoms with van der Waals surface area (Å²) in [5.74, 6) is -1.26. The van der Waals surface area contributed by atoms with Crippen LogP contribution in [0.25, 0.3) is 0 Å². The van der Waals surface area contributed by atoms with Crippen molar-refractivity contribution in [2.75, 3.05) is 6.54 Å². The van der Waals surface area contributed by atoms with Crippen LogP contribution in [0.1, 0.15) is 48.5 Å². The van der Waals surface area contributed by atoms with Crippen LogP contribution in [0.2, 0.25) is 0 Å². The summed E-state index contributed by atoms with van der Waals surface area (Å²) >= 11 is 0. The van der Waals surface area contributed by atoms with E-state index < -0.39 is 10.9 Å². The summed E-state index contributed by atoms with van der Waals surface area (Å²) in [7, 11) is 0. The van der Waals surface area contributed by atoms with E-state index in [4.69, 9.17) is 5.11 Å². The van der Waals surface area contributed by atoms with Crippen LogP contribution in [0.5, 0.6) is 0 Å². The van der Waals surface area contributed by atoms with Crippen LogP contribution in [-0.2, 0) is 6.54 Å². The number of nitro benzene ring substituents is 1. The third-order valence-electron chi connectivity index (χ3n) is 3.06. The summed E-state index contributed by atoms with van der Waals surface area (Å²) < 4.78 is 0. The van der Waals surface area contributed by atoms with Gasteiger partial charge in [-0.3, -0.25) is 10.1 Å². The van der Waals surface area contributed by atoms with Crippen LogP contribution in [0, 0.1) is 10.1 Å². The molecule has 0 aliphatic heterocycles. The molecule has 0 aliphatic rings. The zero-order valence-corrected chi connectivity index (χ0v) is 11.6. The largest absolute Gasteiger partial charge is 0.477 e. The maximum absolute atomic E-state index is 11.2. The van der Waals surface area contributed by atoms with Crippen molar-refractivity contribution in [3.8, 4) is 0 Å². The molecule has 0 unspecified atom stereocenters. The molecule has 0 radical (unpaired) electrons. The lowest BCUT2D eigenvalue weighted by molar-refractivity contribution is -0.385. The van der Waals surface area contributed by atoms with Crippen LogP contribution in [0.3, 0.4) is 0 Å². The van der Waals surface area contributed by atoms with E-state index in [9.17, 15) is 14.9 Å². The Balaban J connectivity index is 2.67. The number of hydrogen-bond acceptors (Lipinski definition) is 4. The Morgan fingerprint density at radius 1 is 1.35 bits per heavy atom. The molecule has 0 bridgehead atoms. The van der Waals surface area contributed by atoms with Gasteiger partial charge in [-0.2, -0.15) is 0 Å². The van der Waals surface area contributed by atoms with Crippen molar-refractivity contribution in [1.82, 2.24) is 5.32 Å². The SMILES string of the molecule is CCCCCCNCc1cccc([N+](=O)[O-])c1C(=O)O. The number of benzene rings is 1. The molecule has 1 rings (SSSR count). The molecule has 0 fully saturated rings. The summed E-state index contributed by atoms with van der Waals surface area (Å²) in [5, 5.41) is 23.1. The third-order valence-corrected chi connectivity index (χ3v) is 3.06. The van der Waals surface area contributed by atoms with Crippen LogP contribution < -0.4 is 5.32 Å². The van der Waals surface area contributed by atoms with E-state index in [-0.39, 0.29) is 11.3 Å². The molecule has 6 nitrogen and oxygen atoms in total.